The van der Waals surface area contributed by atoms with Crippen molar-refractivity contribution >= 4 is 5.97 Å². The molecule has 2 saturated carbocycles. The molecule has 22 heavy (non-hydrogen) atoms. The summed E-state index contributed by atoms with van der Waals surface area (Å²) in [5.74, 6) is 0.685. The van der Waals surface area contributed by atoms with E-state index in [-0.39, 0.29) is 5.97 Å². The average Bonchev–Trinajstić information content (AvgIpc) is 2.71. The molecule has 2 rings (SSSR count). The van der Waals surface area contributed by atoms with Crippen LogP contribution >= 0.6 is 0 Å². The van der Waals surface area contributed by atoms with E-state index in [9.17, 15) is 4.79 Å². The molecular weight excluding hydrogens is 278 g/mol. The Morgan fingerprint density at radius 3 is 2.45 bits per heavy atom. The van der Waals surface area contributed by atoms with E-state index in [1.165, 1.54) is 19.3 Å². The molecule has 0 unspecified atom stereocenters. The molecular formula is C18H34NO3+. The van der Waals surface area contributed by atoms with Crippen LogP contribution in [0, 0.1) is 16.7 Å². The zero-order valence-electron chi connectivity index (χ0n) is 15.3. The number of quaternary nitrogens is 1. The van der Waals surface area contributed by atoms with E-state index >= 15 is 0 Å². The summed E-state index contributed by atoms with van der Waals surface area (Å²) in [6.07, 6.45) is 4.22. The Morgan fingerprint density at radius 2 is 1.95 bits per heavy atom. The summed E-state index contributed by atoms with van der Waals surface area (Å²) in [7, 11) is 4.12. The number of ether oxygens (including phenoxy) is 2. The third kappa shape index (κ3) is 3.18. The predicted molar refractivity (Wildman–Crippen MR) is 87.4 cm³/mol. The molecule has 0 aromatic rings. The monoisotopic (exact) mass is 312 g/mol. The summed E-state index contributed by atoms with van der Waals surface area (Å²) in [6.45, 7) is 11.5. The van der Waals surface area contributed by atoms with Gasteiger partial charge in [0, 0.05) is 0 Å². The molecule has 0 spiro atoms. The van der Waals surface area contributed by atoms with Crippen molar-refractivity contribution in [1.29, 1.82) is 0 Å². The number of esters is 1. The van der Waals surface area contributed by atoms with Gasteiger partial charge in [-0.15, -0.1) is 0 Å². The van der Waals surface area contributed by atoms with Crippen molar-refractivity contribution in [3.63, 3.8) is 0 Å². The second kappa shape index (κ2) is 6.12. The third-order valence-corrected chi connectivity index (χ3v) is 6.59. The molecule has 4 nitrogen and oxygen atoms in total. The van der Waals surface area contributed by atoms with Gasteiger partial charge in [0.1, 0.15) is 6.54 Å². The standard InChI is InChI=1S/C18H34NO3/c1-7-21-16(20)13-19(5,6)10-11-22-15-12-14-8-9-18(15,4)17(14,2)3/h14-15H,7-13H2,1-6H3/q+1/t14-,15-,18-/m1/s1. The minimum atomic E-state index is -0.125. The van der Waals surface area contributed by atoms with Crippen molar-refractivity contribution in [2.75, 3.05) is 40.4 Å². The lowest BCUT2D eigenvalue weighted by atomic mass is 9.70. The molecule has 2 fully saturated rings. The summed E-state index contributed by atoms with van der Waals surface area (Å²) >= 11 is 0. The SMILES string of the molecule is CCOC(=O)C[N+](C)(C)CCO[C@@H]1C[C@H]2CC[C@@]1(C)C2(C)C. The van der Waals surface area contributed by atoms with Crippen LogP contribution in [0.5, 0.6) is 0 Å². The molecule has 0 heterocycles. The zero-order valence-corrected chi connectivity index (χ0v) is 15.3. The Labute approximate surface area is 135 Å². The van der Waals surface area contributed by atoms with Gasteiger partial charge < -0.3 is 14.0 Å². The Morgan fingerprint density at radius 1 is 1.27 bits per heavy atom. The van der Waals surface area contributed by atoms with Crippen LogP contribution in [0.2, 0.25) is 0 Å². The minimum absolute atomic E-state index is 0.125. The van der Waals surface area contributed by atoms with Gasteiger partial charge in [-0.25, -0.2) is 4.79 Å². The molecule has 0 aromatic carbocycles. The van der Waals surface area contributed by atoms with Crippen LogP contribution in [0.4, 0.5) is 0 Å². The molecule has 3 atom stereocenters. The van der Waals surface area contributed by atoms with E-state index in [4.69, 9.17) is 9.47 Å². The fraction of sp³-hybridized carbons (Fsp3) is 0.944. The normalized spacial score (nSPS) is 33.2. The largest absolute Gasteiger partial charge is 0.462 e. The fourth-order valence-corrected chi connectivity index (χ4v) is 4.46. The first-order valence-corrected chi connectivity index (χ1v) is 8.71. The van der Waals surface area contributed by atoms with Gasteiger partial charge in [-0.05, 0) is 42.9 Å². The number of likely N-dealkylation sites (N-methyl/N-ethyl adjacent to an activating group) is 1. The van der Waals surface area contributed by atoms with Crippen molar-refractivity contribution in [3.8, 4) is 0 Å². The van der Waals surface area contributed by atoms with E-state index in [2.05, 4.69) is 34.9 Å². The van der Waals surface area contributed by atoms with Crippen LogP contribution in [-0.4, -0.2) is 57.0 Å². The van der Waals surface area contributed by atoms with Crippen molar-refractivity contribution in [2.24, 2.45) is 16.7 Å². The Bertz CT molecular complexity index is 419. The van der Waals surface area contributed by atoms with Crippen molar-refractivity contribution in [1.82, 2.24) is 0 Å². The van der Waals surface area contributed by atoms with Crippen molar-refractivity contribution in [3.05, 3.63) is 0 Å². The van der Waals surface area contributed by atoms with Crippen LogP contribution in [0.1, 0.15) is 47.0 Å². The van der Waals surface area contributed by atoms with Gasteiger partial charge >= 0.3 is 5.97 Å². The minimum Gasteiger partial charge on any atom is -0.462 e. The number of rotatable bonds is 7. The highest BCUT2D eigenvalue weighted by atomic mass is 16.5. The molecule has 2 aliphatic carbocycles. The Kier molecular flexibility index (Phi) is 4.94. The van der Waals surface area contributed by atoms with Crippen LogP contribution in [0.15, 0.2) is 0 Å². The highest BCUT2D eigenvalue weighted by Crippen LogP contribution is 2.66. The van der Waals surface area contributed by atoms with Crippen LogP contribution in [0.25, 0.3) is 0 Å². The number of fused-ring (bicyclic) bond motifs is 2. The van der Waals surface area contributed by atoms with E-state index in [0.717, 1.165) is 19.1 Å². The number of hydrogen-bond acceptors (Lipinski definition) is 3. The van der Waals surface area contributed by atoms with Crippen molar-refractivity contribution < 1.29 is 18.8 Å². The molecule has 0 aliphatic heterocycles. The van der Waals surface area contributed by atoms with Gasteiger partial charge in [0.2, 0.25) is 0 Å². The molecule has 0 saturated heterocycles. The van der Waals surface area contributed by atoms with Gasteiger partial charge in [0.25, 0.3) is 0 Å². The lowest BCUT2D eigenvalue weighted by Gasteiger charge is -2.39. The average molecular weight is 312 g/mol. The molecule has 0 amide bonds. The van der Waals surface area contributed by atoms with Crippen LogP contribution in [0.3, 0.4) is 0 Å². The maximum Gasteiger partial charge on any atom is 0.361 e. The maximum absolute atomic E-state index is 11.6. The highest BCUT2D eigenvalue weighted by molar-refractivity contribution is 5.70. The first kappa shape index (κ1) is 17.7. The van der Waals surface area contributed by atoms with Gasteiger partial charge in [-0.2, -0.15) is 0 Å². The van der Waals surface area contributed by atoms with E-state index < -0.39 is 0 Å². The lowest BCUT2D eigenvalue weighted by Crippen LogP contribution is -2.47. The second-order valence-electron chi connectivity index (χ2n) is 8.59. The van der Waals surface area contributed by atoms with E-state index in [0.29, 0.717) is 34.6 Å². The number of carbonyl (C=O) groups is 1. The summed E-state index contributed by atoms with van der Waals surface area (Å²) in [4.78, 5) is 11.6. The first-order valence-electron chi connectivity index (χ1n) is 8.71. The number of carbonyl (C=O) groups excluding carboxylic acids is 1. The van der Waals surface area contributed by atoms with Crippen LogP contribution in [-0.2, 0) is 14.3 Å². The second-order valence-corrected chi connectivity index (χ2v) is 8.59. The Hall–Kier alpha value is -0.610. The summed E-state index contributed by atoms with van der Waals surface area (Å²) in [6, 6.07) is 0. The maximum atomic E-state index is 11.6. The van der Waals surface area contributed by atoms with Gasteiger partial charge in [0.05, 0.1) is 33.4 Å². The van der Waals surface area contributed by atoms with E-state index in [1.54, 1.807) is 0 Å². The summed E-state index contributed by atoms with van der Waals surface area (Å²) in [5, 5.41) is 0. The highest BCUT2D eigenvalue weighted by Gasteiger charge is 2.61. The topological polar surface area (TPSA) is 35.5 Å². The molecule has 0 N–H and O–H groups in total. The third-order valence-electron chi connectivity index (χ3n) is 6.59. The van der Waals surface area contributed by atoms with Gasteiger partial charge in [-0.3, -0.25) is 0 Å². The molecule has 0 aromatic heterocycles. The lowest BCUT2D eigenvalue weighted by molar-refractivity contribution is -0.883. The predicted octanol–water partition coefficient (Wildman–Crippen LogP) is 2.86. The molecule has 4 heteroatoms. The molecule has 2 bridgehead atoms. The van der Waals surface area contributed by atoms with Gasteiger partial charge in [-0.1, -0.05) is 20.8 Å². The first-order chi connectivity index (χ1) is 10.1. The number of nitrogens with zero attached hydrogens (tertiary/aromatic N) is 1. The fourth-order valence-electron chi connectivity index (χ4n) is 4.46. The number of hydrogen-bond donors (Lipinski definition) is 0. The molecule has 0 radical (unpaired) electrons. The van der Waals surface area contributed by atoms with Crippen molar-refractivity contribution in [2.45, 2.75) is 53.1 Å². The van der Waals surface area contributed by atoms with E-state index in [1.807, 2.05) is 6.92 Å². The molecule has 2 aliphatic rings. The van der Waals surface area contributed by atoms with Crippen LogP contribution < -0.4 is 0 Å². The smallest absolute Gasteiger partial charge is 0.361 e. The zero-order chi connectivity index (χ0) is 16.6. The van der Waals surface area contributed by atoms with Gasteiger partial charge in [0.15, 0.2) is 6.54 Å². The summed E-state index contributed by atoms with van der Waals surface area (Å²) in [5.41, 5.74) is 0.711. The quantitative estimate of drug-likeness (QED) is 0.536. The summed E-state index contributed by atoms with van der Waals surface area (Å²) < 4.78 is 12.0. The Balaban J connectivity index is 1.81. The molecule has 128 valence electrons.